The van der Waals surface area contributed by atoms with E-state index in [0.717, 1.165) is 6.42 Å². The molecule has 0 aromatic heterocycles. The van der Waals surface area contributed by atoms with Crippen molar-refractivity contribution in [2.45, 2.75) is 12.8 Å². The standard InChI is InChI=1S/C12H15ClO5.C12H15ClO4/c1-16-4-3-5-18-11-6-8(12(14)15)9(13)7-10(11)17-2;1-15-4-3-5-17-12-6-9(8-14)10(13)7-11(12)16-2/h6-7H,3-5H2,1-2H3,(H,14,15);6-8H,3-5H2,1-2H3. The maximum atomic E-state index is 10.9. The van der Waals surface area contributed by atoms with E-state index < -0.39 is 5.97 Å². The van der Waals surface area contributed by atoms with Crippen LogP contribution < -0.4 is 18.9 Å². The monoisotopic (exact) mass is 532 g/mol. The van der Waals surface area contributed by atoms with Crippen molar-refractivity contribution in [3.8, 4) is 23.0 Å². The topological polar surface area (TPSA) is 110 Å². The molecule has 0 aliphatic rings. The quantitative estimate of drug-likeness (QED) is 0.264. The fourth-order valence-corrected chi connectivity index (χ4v) is 3.09. The number of carbonyl (C=O) groups is 2. The van der Waals surface area contributed by atoms with Crippen LogP contribution >= 0.6 is 23.2 Å². The molecular formula is C24H30Cl2O9. The van der Waals surface area contributed by atoms with E-state index in [1.807, 2.05) is 0 Å². The summed E-state index contributed by atoms with van der Waals surface area (Å²) in [5.41, 5.74) is 0.369. The Morgan fingerprint density at radius 2 is 1.26 bits per heavy atom. The summed E-state index contributed by atoms with van der Waals surface area (Å²) in [7, 11) is 6.22. The maximum absolute atomic E-state index is 10.9. The number of halogens is 2. The van der Waals surface area contributed by atoms with Gasteiger partial charge in [-0.15, -0.1) is 0 Å². The predicted octanol–water partition coefficient (Wildman–Crippen LogP) is 5.04. The first kappa shape index (κ1) is 30.3. The third-order valence-electron chi connectivity index (χ3n) is 4.39. The molecule has 0 fully saturated rings. The Kier molecular flexibility index (Phi) is 14.6. The highest BCUT2D eigenvalue weighted by Crippen LogP contribution is 2.34. The van der Waals surface area contributed by atoms with Crippen LogP contribution in [0.1, 0.15) is 33.6 Å². The average Bonchev–Trinajstić information content (AvgIpc) is 2.85. The van der Waals surface area contributed by atoms with E-state index in [1.54, 1.807) is 26.4 Å². The van der Waals surface area contributed by atoms with E-state index in [2.05, 4.69) is 0 Å². The number of ether oxygens (including phenoxy) is 6. The molecule has 0 saturated carbocycles. The molecule has 0 aliphatic carbocycles. The summed E-state index contributed by atoms with van der Waals surface area (Å²) in [5, 5.41) is 9.43. The number of carbonyl (C=O) groups excluding carboxylic acids is 1. The van der Waals surface area contributed by atoms with Gasteiger partial charge in [-0.1, -0.05) is 23.2 Å². The van der Waals surface area contributed by atoms with Crippen LogP contribution in [0.3, 0.4) is 0 Å². The summed E-state index contributed by atoms with van der Waals surface area (Å²) in [4.78, 5) is 21.7. The molecule has 35 heavy (non-hydrogen) atoms. The van der Waals surface area contributed by atoms with Crippen LogP contribution in [0.25, 0.3) is 0 Å². The van der Waals surface area contributed by atoms with Crippen LogP contribution in [0.5, 0.6) is 23.0 Å². The molecule has 0 atom stereocenters. The van der Waals surface area contributed by atoms with E-state index in [1.165, 1.54) is 26.4 Å². The van der Waals surface area contributed by atoms with Crippen LogP contribution in [-0.2, 0) is 9.47 Å². The summed E-state index contributed by atoms with van der Waals surface area (Å²) in [6, 6.07) is 5.92. The lowest BCUT2D eigenvalue weighted by molar-refractivity contribution is 0.0696. The summed E-state index contributed by atoms with van der Waals surface area (Å²) < 4.78 is 31.0. The Balaban J connectivity index is 0.000000351. The van der Waals surface area contributed by atoms with Gasteiger partial charge in [0.15, 0.2) is 29.3 Å². The highest BCUT2D eigenvalue weighted by Gasteiger charge is 2.15. The van der Waals surface area contributed by atoms with Crippen molar-refractivity contribution >= 4 is 35.5 Å². The van der Waals surface area contributed by atoms with Crippen molar-refractivity contribution in [2.24, 2.45) is 0 Å². The molecule has 0 heterocycles. The first-order valence-electron chi connectivity index (χ1n) is 10.5. The molecule has 0 bridgehead atoms. The molecule has 0 amide bonds. The molecule has 1 N–H and O–H groups in total. The Morgan fingerprint density at radius 3 is 1.69 bits per heavy atom. The molecule has 9 nitrogen and oxygen atoms in total. The molecule has 2 rings (SSSR count). The van der Waals surface area contributed by atoms with E-state index in [-0.39, 0.29) is 10.6 Å². The fourth-order valence-electron chi connectivity index (χ4n) is 2.66. The highest BCUT2D eigenvalue weighted by atomic mass is 35.5. The fraction of sp³-hybridized carbons (Fsp3) is 0.417. The normalized spacial score (nSPS) is 10.1. The summed E-state index contributed by atoms with van der Waals surface area (Å²) >= 11 is 11.7. The van der Waals surface area contributed by atoms with Crippen molar-refractivity contribution in [3.05, 3.63) is 45.4 Å². The Bertz CT molecular complexity index is 951. The van der Waals surface area contributed by atoms with Gasteiger partial charge in [0.05, 0.1) is 43.0 Å². The molecule has 0 unspecified atom stereocenters. The predicted molar refractivity (Wildman–Crippen MR) is 132 cm³/mol. The van der Waals surface area contributed by atoms with Gasteiger partial charge in [-0.05, 0) is 6.07 Å². The zero-order valence-electron chi connectivity index (χ0n) is 20.1. The second kappa shape index (κ2) is 16.8. The molecule has 2 aromatic rings. The lowest BCUT2D eigenvalue weighted by Crippen LogP contribution is -2.05. The number of hydrogen-bond donors (Lipinski definition) is 1. The number of aldehydes is 1. The average molecular weight is 533 g/mol. The van der Waals surface area contributed by atoms with Gasteiger partial charge in [0.25, 0.3) is 0 Å². The van der Waals surface area contributed by atoms with E-state index >= 15 is 0 Å². The minimum Gasteiger partial charge on any atom is -0.493 e. The Hall–Kier alpha value is -2.72. The lowest BCUT2D eigenvalue weighted by Gasteiger charge is -2.12. The molecule has 194 valence electrons. The van der Waals surface area contributed by atoms with Crippen LogP contribution in [0.15, 0.2) is 24.3 Å². The van der Waals surface area contributed by atoms with Gasteiger partial charge in [-0.2, -0.15) is 0 Å². The van der Waals surface area contributed by atoms with Crippen molar-refractivity contribution in [1.82, 2.24) is 0 Å². The number of hydrogen-bond acceptors (Lipinski definition) is 8. The summed E-state index contributed by atoms with van der Waals surface area (Å²) in [5.74, 6) is 0.676. The van der Waals surface area contributed by atoms with Crippen molar-refractivity contribution in [2.75, 3.05) is 54.9 Å². The Morgan fingerprint density at radius 1 is 0.771 bits per heavy atom. The van der Waals surface area contributed by atoms with Gasteiger partial charge in [0, 0.05) is 64.0 Å². The van der Waals surface area contributed by atoms with Crippen LogP contribution in [0.4, 0.5) is 0 Å². The molecule has 11 heteroatoms. The van der Waals surface area contributed by atoms with E-state index in [9.17, 15) is 9.59 Å². The number of rotatable bonds is 14. The highest BCUT2D eigenvalue weighted by molar-refractivity contribution is 6.34. The van der Waals surface area contributed by atoms with Crippen molar-refractivity contribution < 1.29 is 43.1 Å². The second-order valence-electron chi connectivity index (χ2n) is 6.82. The van der Waals surface area contributed by atoms with Gasteiger partial charge in [-0.25, -0.2) is 4.79 Å². The molecule has 0 radical (unpaired) electrons. The first-order valence-corrected chi connectivity index (χ1v) is 11.2. The van der Waals surface area contributed by atoms with Gasteiger partial charge in [0.2, 0.25) is 0 Å². The molecule has 2 aromatic carbocycles. The summed E-state index contributed by atoms with van der Waals surface area (Å²) in [6.07, 6.45) is 2.15. The third-order valence-corrected chi connectivity index (χ3v) is 5.03. The van der Waals surface area contributed by atoms with Crippen LogP contribution in [0, 0.1) is 0 Å². The lowest BCUT2D eigenvalue weighted by atomic mass is 10.2. The van der Waals surface area contributed by atoms with Gasteiger partial charge in [0.1, 0.15) is 0 Å². The minimum absolute atomic E-state index is 0.0146. The van der Waals surface area contributed by atoms with Crippen molar-refractivity contribution in [1.29, 1.82) is 0 Å². The largest absolute Gasteiger partial charge is 0.493 e. The van der Waals surface area contributed by atoms with Crippen molar-refractivity contribution in [3.63, 3.8) is 0 Å². The molecular weight excluding hydrogens is 503 g/mol. The Labute approximate surface area is 214 Å². The number of aromatic carboxylic acids is 1. The number of carboxylic acid groups (broad SMARTS) is 1. The second-order valence-corrected chi connectivity index (χ2v) is 7.63. The zero-order chi connectivity index (χ0) is 26.2. The number of methoxy groups -OCH3 is 4. The van der Waals surface area contributed by atoms with Gasteiger partial charge >= 0.3 is 5.97 Å². The van der Waals surface area contributed by atoms with Crippen LogP contribution in [-0.4, -0.2) is 72.2 Å². The maximum Gasteiger partial charge on any atom is 0.337 e. The third kappa shape index (κ3) is 10.2. The van der Waals surface area contributed by atoms with Gasteiger partial charge < -0.3 is 33.5 Å². The van der Waals surface area contributed by atoms with E-state index in [0.29, 0.717) is 72.7 Å². The van der Waals surface area contributed by atoms with Gasteiger partial charge in [-0.3, -0.25) is 4.79 Å². The molecule has 0 aliphatic heterocycles. The first-order chi connectivity index (χ1) is 16.8. The minimum atomic E-state index is -1.11. The molecule has 0 saturated heterocycles. The summed E-state index contributed by atoms with van der Waals surface area (Å²) in [6.45, 7) is 2.09. The SMILES string of the molecule is COCCCOc1cc(C(=O)O)c(Cl)cc1OC.COCCCOc1cc(C=O)c(Cl)cc1OC. The molecule has 0 spiro atoms. The number of benzene rings is 2. The zero-order valence-corrected chi connectivity index (χ0v) is 21.6. The van der Waals surface area contributed by atoms with E-state index in [4.69, 9.17) is 56.7 Å². The smallest absolute Gasteiger partial charge is 0.337 e. The van der Waals surface area contributed by atoms with Crippen LogP contribution in [0.2, 0.25) is 10.0 Å². The number of carboxylic acids is 1.